The van der Waals surface area contributed by atoms with E-state index < -0.39 is 0 Å². The van der Waals surface area contributed by atoms with Crippen molar-refractivity contribution in [1.82, 2.24) is 9.97 Å². The third kappa shape index (κ3) is 3.20. The lowest BCUT2D eigenvalue weighted by Crippen LogP contribution is -2.00. The fourth-order valence-electron chi connectivity index (χ4n) is 2.05. The fourth-order valence-corrected chi connectivity index (χ4v) is 2.05. The second-order valence-corrected chi connectivity index (χ2v) is 4.83. The third-order valence-corrected chi connectivity index (χ3v) is 3.21. The molecule has 0 fully saturated rings. The summed E-state index contributed by atoms with van der Waals surface area (Å²) in [7, 11) is 0. The van der Waals surface area contributed by atoms with E-state index in [1.165, 1.54) is 12.4 Å². The van der Waals surface area contributed by atoms with Crippen LogP contribution in [0.3, 0.4) is 0 Å². The van der Waals surface area contributed by atoms with Crippen molar-refractivity contribution < 1.29 is 4.39 Å². The van der Waals surface area contributed by atoms with Gasteiger partial charge in [0.05, 0.1) is 5.69 Å². The lowest BCUT2D eigenvalue weighted by molar-refractivity contribution is 0.632. The highest BCUT2D eigenvalue weighted by Gasteiger charge is 2.04. The Hall–Kier alpha value is -2.95. The Morgan fingerprint density at radius 2 is 1.41 bits per heavy atom. The summed E-state index contributed by atoms with van der Waals surface area (Å²) in [6.07, 6.45) is 1.43. The molecular weight excluding hydrogens is 279 g/mol. The first-order valence-corrected chi connectivity index (χ1v) is 6.88. The van der Waals surface area contributed by atoms with Crippen molar-refractivity contribution in [3.05, 3.63) is 72.3 Å². The van der Waals surface area contributed by atoms with E-state index in [0.717, 1.165) is 11.3 Å². The third-order valence-electron chi connectivity index (χ3n) is 3.21. The van der Waals surface area contributed by atoms with Crippen LogP contribution in [0, 0.1) is 12.7 Å². The van der Waals surface area contributed by atoms with Gasteiger partial charge in [-0.1, -0.05) is 30.3 Å². The van der Waals surface area contributed by atoms with Crippen molar-refractivity contribution >= 4 is 23.0 Å². The summed E-state index contributed by atoms with van der Waals surface area (Å²) in [4.78, 5) is 8.29. The van der Waals surface area contributed by atoms with Crippen LogP contribution in [0.15, 0.2) is 60.9 Å². The van der Waals surface area contributed by atoms with E-state index in [1.807, 2.05) is 31.2 Å². The smallest absolute Gasteiger partial charge is 0.146 e. The number of nitrogens with zero attached hydrogens (tertiary/aromatic N) is 2. The zero-order chi connectivity index (χ0) is 15.4. The molecule has 0 atom stereocenters. The summed E-state index contributed by atoms with van der Waals surface area (Å²) in [6, 6.07) is 16.1. The maximum Gasteiger partial charge on any atom is 0.146 e. The van der Waals surface area contributed by atoms with E-state index in [1.54, 1.807) is 24.3 Å². The minimum absolute atomic E-state index is 0.325. The molecule has 0 saturated heterocycles. The largest absolute Gasteiger partial charge is 0.340 e. The molecular formula is C17H15FN4. The molecule has 2 N–H and O–H groups in total. The molecule has 4 nitrogen and oxygen atoms in total. The predicted molar refractivity (Wildman–Crippen MR) is 86.2 cm³/mol. The topological polar surface area (TPSA) is 49.8 Å². The number of anilines is 4. The van der Waals surface area contributed by atoms with E-state index in [2.05, 4.69) is 20.6 Å². The lowest BCUT2D eigenvalue weighted by atomic mass is 10.2. The van der Waals surface area contributed by atoms with E-state index in [0.29, 0.717) is 17.3 Å². The van der Waals surface area contributed by atoms with E-state index in [9.17, 15) is 4.39 Å². The summed E-state index contributed by atoms with van der Waals surface area (Å²) in [6.45, 7) is 2.02. The summed E-state index contributed by atoms with van der Waals surface area (Å²) in [5, 5.41) is 6.17. The number of rotatable bonds is 4. The quantitative estimate of drug-likeness (QED) is 0.748. The molecule has 2 aromatic carbocycles. The van der Waals surface area contributed by atoms with Gasteiger partial charge in [0.15, 0.2) is 0 Å². The van der Waals surface area contributed by atoms with Crippen molar-refractivity contribution in [2.24, 2.45) is 0 Å². The normalized spacial score (nSPS) is 10.3. The van der Waals surface area contributed by atoms with Crippen LogP contribution in [-0.2, 0) is 0 Å². The Balaban J connectivity index is 1.81. The second-order valence-electron chi connectivity index (χ2n) is 4.83. The number of aryl methyl sites for hydroxylation is 1. The van der Waals surface area contributed by atoms with Crippen molar-refractivity contribution in [1.29, 1.82) is 0 Å². The molecule has 110 valence electrons. The first-order chi connectivity index (χ1) is 10.7. The zero-order valence-electron chi connectivity index (χ0n) is 12.0. The van der Waals surface area contributed by atoms with Crippen LogP contribution in [-0.4, -0.2) is 9.97 Å². The molecule has 0 aliphatic carbocycles. The molecule has 22 heavy (non-hydrogen) atoms. The molecule has 0 radical (unpaired) electrons. The van der Waals surface area contributed by atoms with Crippen LogP contribution in [0.4, 0.5) is 27.4 Å². The maximum absolute atomic E-state index is 13.7. The van der Waals surface area contributed by atoms with Gasteiger partial charge in [0, 0.05) is 11.8 Å². The van der Waals surface area contributed by atoms with Gasteiger partial charge < -0.3 is 10.6 Å². The Labute approximate surface area is 128 Å². The number of hydrogen-bond donors (Lipinski definition) is 2. The fraction of sp³-hybridized carbons (Fsp3) is 0.0588. The van der Waals surface area contributed by atoms with Crippen LogP contribution >= 0.6 is 0 Å². The molecule has 1 heterocycles. The van der Waals surface area contributed by atoms with Gasteiger partial charge in [-0.25, -0.2) is 14.4 Å². The standard InChI is InChI=1S/C17H15FN4/c1-12-6-2-4-8-14(12)21-16-10-17(20-11-19-16)22-15-9-5-3-7-13(15)18/h2-11H,1H3,(H2,19,20,21,22). The Kier molecular flexibility index (Phi) is 3.96. The van der Waals surface area contributed by atoms with Crippen molar-refractivity contribution in [3.8, 4) is 0 Å². The van der Waals surface area contributed by atoms with Gasteiger partial charge in [-0.2, -0.15) is 0 Å². The molecule has 5 heteroatoms. The van der Waals surface area contributed by atoms with Crippen molar-refractivity contribution in [3.63, 3.8) is 0 Å². The average Bonchev–Trinajstić information content (AvgIpc) is 2.52. The molecule has 0 saturated carbocycles. The van der Waals surface area contributed by atoms with Crippen molar-refractivity contribution in [2.45, 2.75) is 6.92 Å². The highest BCUT2D eigenvalue weighted by molar-refractivity contribution is 5.64. The molecule has 1 aromatic heterocycles. The molecule has 0 bridgehead atoms. The highest BCUT2D eigenvalue weighted by Crippen LogP contribution is 2.22. The number of hydrogen-bond acceptors (Lipinski definition) is 4. The van der Waals surface area contributed by atoms with Crippen LogP contribution in [0.1, 0.15) is 5.56 Å². The highest BCUT2D eigenvalue weighted by atomic mass is 19.1. The lowest BCUT2D eigenvalue weighted by Gasteiger charge is -2.10. The first kappa shape index (κ1) is 14.0. The summed E-state index contributed by atoms with van der Waals surface area (Å²) >= 11 is 0. The molecule has 0 aliphatic heterocycles. The zero-order valence-corrected chi connectivity index (χ0v) is 12.0. The molecule has 0 amide bonds. The van der Waals surface area contributed by atoms with Crippen LogP contribution in [0.25, 0.3) is 0 Å². The second kappa shape index (κ2) is 6.22. The predicted octanol–water partition coefficient (Wildman–Crippen LogP) is 4.41. The van der Waals surface area contributed by atoms with Gasteiger partial charge in [0.2, 0.25) is 0 Å². The van der Waals surface area contributed by atoms with Crippen LogP contribution in [0.2, 0.25) is 0 Å². The summed E-state index contributed by atoms with van der Waals surface area (Å²) < 4.78 is 13.7. The SMILES string of the molecule is Cc1ccccc1Nc1cc(Nc2ccccc2F)ncn1. The monoisotopic (exact) mass is 294 g/mol. The number of nitrogens with one attached hydrogen (secondary N) is 2. The van der Waals surface area contributed by atoms with Gasteiger partial charge in [0.1, 0.15) is 23.8 Å². The molecule has 3 aromatic rings. The van der Waals surface area contributed by atoms with E-state index in [4.69, 9.17) is 0 Å². The van der Waals surface area contributed by atoms with Crippen LogP contribution in [0.5, 0.6) is 0 Å². The maximum atomic E-state index is 13.7. The number of halogens is 1. The van der Waals surface area contributed by atoms with Crippen molar-refractivity contribution in [2.75, 3.05) is 10.6 Å². The summed E-state index contributed by atoms with van der Waals surface area (Å²) in [5.41, 5.74) is 2.46. The number of aromatic nitrogens is 2. The minimum Gasteiger partial charge on any atom is -0.340 e. The van der Waals surface area contributed by atoms with Gasteiger partial charge in [-0.3, -0.25) is 0 Å². The van der Waals surface area contributed by atoms with E-state index in [-0.39, 0.29) is 5.82 Å². The Morgan fingerprint density at radius 1 is 0.818 bits per heavy atom. The van der Waals surface area contributed by atoms with E-state index >= 15 is 0 Å². The number of benzene rings is 2. The van der Waals surface area contributed by atoms with Gasteiger partial charge in [-0.05, 0) is 30.7 Å². The molecule has 3 rings (SSSR count). The Bertz CT molecular complexity index is 726. The van der Waals surface area contributed by atoms with Gasteiger partial charge >= 0.3 is 0 Å². The summed E-state index contributed by atoms with van der Waals surface area (Å²) in [5.74, 6) is 0.842. The van der Waals surface area contributed by atoms with Crippen LogP contribution < -0.4 is 10.6 Å². The molecule has 0 unspecified atom stereocenters. The molecule has 0 aliphatic rings. The van der Waals surface area contributed by atoms with Gasteiger partial charge in [0.25, 0.3) is 0 Å². The number of para-hydroxylation sites is 2. The minimum atomic E-state index is -0.325. The first-order valence-electron chi connectivity index (χ1n) is 6.88. The average molecular weight is 294 g/mol. The molecule has 0 spiro atoms. The van der Waals surface area contributed by atoms with Gasteiger partial charge in [-0.15, -0.1) is 0 Å². The Morgan fingerprint density at radius 3 is 2.09 bits per heavy atom.